The lowest BCUT2D eigenvalue weighted by Gasteiger charge is -2.31. The molecule has 5 saturated heterocycles. The van der Waals surface area contributed by atoms with Gasteiger partial charge < -0.3 is 68.9 Å². The van der Waals surface area contributed by atoms with Crippen LogP contribution < -0.4 is 39.5 Å². The zero-order valence-electron chi connectivity index (χ0n) is 71.1. The summed E-state index contributed by atoms with van der Waals surface area (Å²) in [7, 11) is 0. The second-order valence-electron chi connectivity index (χ2n) is 32.1. The number of nitrogens with two attached hydrogens (primary N) is 5. The van der Waals surface area contributed by atoms with Gasteiger partial charge in [-0.15, -0.1) is 0 Å². The van der Waals surface area contributed by atoms with E-state index in [4.69, 9.17) is 39.1 Å². The Morgan fingerprint density at radius 2 is 0.880 bits per heavy atom. The van der Waals surface area contributed by atoms with Gasteiger partial charge in [-0.05, 0) is 202 Å². The number of rotatable bonds is 18. The Morgan fingerprint density at radius 1 is 0.496 bits per heavy atom. The summed E-state index contributed by atoms with van der Waals surface area (Å²) >= 11 is 0. The maximum atomic E-state index is 13.0. The number of hydroxylamine groups is 1. The molecular formula is C94H111N12O19+. The highest BCUT2D eigenvalue weighted by atomic mass is 17.1. The topological polar surface area (TPSA) is 499 Å². The number of carbonyl (C=O) groups is 13. The number of benzene rings is 8. The van der Waals surface area contributed by atoms with E-state index in [9.17, 15) is 77.6 Å². The van der Waals surface area contributed by atoms with E-state index in [-0.39, 0.29) is 71.1 Å². The third kappa shape index (κ3) is 25.7. The van der Waals surface area contributed by atoms with E-state index in [1.807, 2.05) is 154 Å². The van der Waals surface area contributed by atoms with Gasteiger partial charge in [-0.2, -0.15) is 9.74 Å². The molecule has 5 aliphatic rings. The van der Waals surface area contributed by atoms with Crippen molar-refractivity contribution in [1.82, 2.24) is 30.4 Å². The summed E-state index contributed by atoms with van der Waals surface area (Å²) in [5.41, 5.74) is 39.2. The third-order valence-electron chi connectivity index (χ3n) is 22.4. The third-order valence-corrected chi connectivity index (χ3v) is 22.4. The summed E-state index contributed by atoms with van der Waals surface area (Å²) in [6.45, 7) is 16.0. The molecule has 13 rings (SSSR count). The summed E-state index contributed by atoms with van der Waals surface area (Å²) in [5, 5.41) is 49.0. The van der Waals surface area contributed by atoms with Gasteiger partial charge in [-0.3, -0.25) is 58.0 Å². The quantitative estimate of drug-likeness (QED) is 0.0125. The van der Waals surface area contributed by atoms with Crippen molar-refractivity contribution >= 4 is 83.1 Å². The molecule has 0 aliphatic carbocycles. The Kier molecular flexibility index (Phi) is 34.7. The van der Waals surface area contributed by atoms with Crippen molar-refractivity contribution in [1.29, 1.82) is 0 Å². The number of nitrogens with zero attached hydrogens (tertiary/aromatic N) is 5. The maximum Gasteiger partial charge on any atom is 0.422 e. The van der Waals surface area contributed by atoms with Crippen molar-refractivity contribution in [3.8, 4) is 33.8 Å². The number of hydrogen-bond acceptors (Lipinski definition) is 19. The minimum atomic E-state index is -1.15. The van der Waals surface area contributed by atoms with E-state index in [0.29, 0.717) is 81.4 Å². The lowest BCUT2D eigenvalue weighted by Crippen LogP contribution is -2.62. The monoisotopic (exact) mass is 1710 g/mol. The summed E-state index contributed by atoms with van der Waals surface area (Å²) in [5.74, 6) is -5.65. The minimum Gasteiger partial charge on any atom is -0.507 e. The van der Waals surface area contributed by atoms with Crippen molar-refractivity contribution in [2.75, 3.05) is 32.7 Å². The van der Waals surface area contributed by atoms with Crippen LogP contribution in [0, 0.1) is 20.8 Å². The number of aromatic hydroxyl groups is 2. The van der Waals surface area contributed by atoms with Gasteiger partial charge in [0.2, 0.25) is 29.5 Å². The highest BCUT2D eigenvalue weighted by molar-refractivity contribution is 6.02. The Bertz CT molecular complexity index is 5180. The number of aliphatic hydroxyl groups is 1. The Morgan fingerprint density at radius 3 is 1.25 bits per heavy atom. The SMILES string of the molecule is CC(C)(C)c1ccc(C(=O)N2CCC[C@H]2C(N)=O)cc1.C[C@@H]1C(O)CC[N+]1(C(N)=O)C(=O)c1ccc(-c2ccccc2)cc1.Cc1ccc(/C=C/C(=O)N[C@@H](CCC(N)=O)C(=O)OO)cc1.Cc1ccc(C(=O)N2CCC[C@H]2C(=O)NO)c(O)c1.Cc1ccc(C(=O)N2CCC[C@H]2C(N)=O)c(O)c1.NC(=O)[C@@H]1CCCN1C(=O)c1ccc(-c2ccccc2)cc1. The van der Waals surface area contributed by atoms with E-state index in [0.717, 1.165) is 63.8 Å². The van der Waals surface area contributed by atoms with E-state index in [2.05, 4.69) is 31.0 Å². The van der Waals surface area contributed by atoms with Crippen LogP contribution in [0.3, 0.4) is 0 Å². The van der Waals surface area contributed by atoms with Crippen LogP contribution in [0.25, 0.3) is 28.3 Å². The predicted octanol–water partition coefficient (Wildman–Crippen LogP) is 9.44. The van der Waals surface area contributed by atoms with Gasteiger partial charge in [0.1, 0.15) is 53.9 Å². The summed E-state index contributed by atoms with van der Waals surface area (Å²) in [4.78, 5) is 163. The van der Waals surface area contributed by atoms with Crippen molar-refractivity contribution < 1.29 is 97.5 Å². The summed E-state index contributed by atoms with van der Waals surface area (Å²) < 4.78 is -0.522. The molecule has 5 aliphatic heterocycles. The molecule has 13 amide bonds. The molecule has 0 spiro atoms. The zero-order valence-corrected chi connectivity index (χ0v) is 71.1. The van der Waals surface area contributed by atoms with Gasteiger partial charge in [-0.1, -0.05) is 160 Å². The van der Waals surface area contributed by atoms with E-state index in [1.54, 1.807) is 76.8 Å². The number of hydrogen-bond donors (Lipinski definition) is 12. The highest BCUT2D eigenvalue weighted by Crippen LogP contribution is 2.34. The first-order valence-electron chi connectivity index (χ1n) is 41.1. The number of primary amides is 5. The maximum absolute atomic E-state index is 13.0. The van der Waals surface area contributed by atoms with Crippen LogP contribution in [0.1, 0.15) is 178 Å². The molecule has 2 unspecified atom stereocenters. The molecule has 8 aromatic rings. The molecule has 0 radical (unpaired) electrons. The van der Waals surface area contributed by atoms with Gasteiger partial charge in [0.25, 0.3) is 29.5 Å². The number of quaternary nitrogens is 1. The molecule has 5 fully saturated rings. The van der Waals surface area contributed by atoms with Crippen molar-refractivity contribution in [3.63, 3.8) is 0 Å². The fourth-order valence-corrected chi connectivity index (χ4v) is 15.2. The van der Waals surface area contributed by atoms with Crippen LogP contribution in [0.5, 0.6) is 11.5 Å². The number of phenolic OH excluding ortho intramolecular Hbond substituents is 2. The molecule has 31 nitrogen and oxygen atoms in total. The fourth-order valence-electron chi connectivity index (χ4n) is 15.2. The number of amides is 13. The normalized spacial score (nSPS) is 18.8. The lowest BCUT2D eigenvalue weighted by molar-refractivity contribution is -0.779. The Hall–Kier alpha value is -13.8. The van der Waals surface area contributed by atoms with E-state index in [1.165, 1.54) is 33.6 Å². The molecule has 8 aromatic carbocycles. The van der Waals surface area contributed by atoms with Crippen LogP contribution in [-0.4, -0.2) is 202 Å². The molecule has 0 aromatic heterocycles. The molecule has 0 bridgehead atoms. The average Bonchev–Trinajstić information content (AvgIpc) is 1.63. The number of likely N-dealkylation sites (tertiary alicyclic amines) is 5. The molecule has 660 valence electrons. The minimum absolute atomic E-state index is 0.0567. The van der Waals surface area contributed by atoms with Gasteiger partial charge in [-0.25, -0.2) is 19.9 Å². The van der Waals surface area contributed by atoms with Gasteiger partial charge in [0.15, 0.2) is 0 Å². The van der Waals surface area contributed by atoms with Crippen LogP contribution in [0.4, 0.5) is 4.79 Å². The Balaban J connectivity index is 0.000000186. The molecule has 5 heterocycles. The van der Waals surface area contributed by atoms with E-state index >= 15 is 0 Å². The number of aliphatic hydroxyl groups excluding tert-OH is 1. The van der Waals surface area contributed by atoms with Crippen molar-refractivity contribution in [3.05, 3.63) is 256 Å². The fraction of sp³-hybridized carbons (Fsp3) is 0.330. The highest BCUT2D eigenvalue weighted by Gasteiger charge is 2.56. The number of aryl methyl sites for hydroxylation is 3. The van der Waals surface area contributed by atoms with Crippen LogP contribution in [-0.2, 0) is 43.9 Å². The zero-order chi connectivity index (χ0) is 91.6. The van der Waals surface area contributed by atoms with Crippen LogP contribution in [0.15, 0.2) is 200 Å². The van der Waals surface area contributed by atoms with Gasteiger partial charge in [0, 0.05) is 56.2 Å². The summed E-state index contributed by atoms with van der Waals surface area (Å²) in [6.07, 6.45) is 7.84. The van der Waals surface area contributed by atoms with Gasteiger partial charge in [0.05, 0.1) is 23.2 Å². The number of carbonyl (C=O) groups excluding carboxylic acids is 13. The number of urea groups is 1. The second kappa shape index (κ2) is 44.9. The number of nitrogens with one attached hydrogen (secondary N) is 2. The Labute approximate surface area is 725 Å². The average molecular weight is 1710 g/mol. The molecule has 8 atom stereocenters. The van der Waals surface area contributed by atoms with Crippen LogP contribution in [0.2, 0.25) is 0 Å². The number of imide groups is 1. The smallest absolute Gasteiger partial charge is 0.422 e. The molecule has 17 N–H and O–H groups in total. The molecule has 0 saturated carbocycles. The largest absolute Gasteiger partial charge is 0.507 e. The molecule has 125 heavy (non-hydrogen) atoms. The van der Waals surface area contributed by atoms with E-state index < -0.39 is 100 Å². The first-order chi connectivity index (χ1) is 59.4. The van der Waals surface area contributed by atoms with Gasteiger partial charge >= 0.3 is 17.9 Å². The predicted molar refractivity (Wildman–Crippen MR) is 467 cm³/mol. The molecular weight excluding hydrogens is 1600 g/mol. The van der Waals surface area contributed by atoms with Crippen LogP contribution >= 0.6 is 0 Å². The lowest BCUT2D eigenvalue weighted by atomic mass is 9.86. The first kappa shape index (κ1) is 96.7. The van der Waals surface area contributed by atoms with Crippen molar-refractivity contribution in [2.24, 2.45) is 28.7 Å². The second-order valence-corrected chi connectivity index (χ2v) is 32.1. The molecule has 31 heteroatoms. The van der Waals surface area contributed by atoms with Crippen molar-refractivity contribution in [2.45, 2.75) is 167 Å². The number of phenols is 2. The first-order valence-corrected chi connectivity index (χ1v) is 41.1. The summed E-state index contributed by atoms with van der Waals surface area (Å²) in [6, 6.07) is 54.6. The standard InChI is InChI=1S/C19H20N2O3.C18H18N2O2.C16H22N2O2.C15H18N2O5.C13H16N2O4.C13H16N2O3/c1-13-17(22)11-12-21(13,19(20)24)18(23)16-9-7-15(8-10-16)14-5-3-2-4-6-14;19-17(21)16-7-4-12-20(16)18(22)15-10-8-14(9-11-15)13-5-2-1-3-6-13;1-16(2,3)12-8-6-11(7-9-12)15(20)18-10-4-5-13(18)14(17)19;1-10-2-4-11(5-3-10)6-9-14(19)17-12(15(20)22-21)7-8-13(16)18;1-8-4-5-9(11(16)7-8)13(18)15-6-2-3-10(15)12(17)14-19;1-8-4-5-9(11(16)7-8)13(18)15-6-2-3-10(15)12(14)17/h2-10,13,17,22H,11-12H2,1H3,(H-,20,24);1-3,5-6,8-11,16H,4,7,12H2,(H2,19,21);6-9,13H,4-5,10H2,1-3H3,(H2,17,19);2-6,9,12,21H,7-8H2,1H3,(H2,16,18)(H,17,19);4-5,7,10,16,19H,2-3,6H2,1H3,(H,14,17);4-5,7,10,16H,2-3,6H2,1H3,(H2,14,17)/p+1/b;;;9-6+;;/t13-,17?,21?;16-;13-;12-;2*10-/m100000/s1.